The minimum absolute atomic E-state index is 0.0784. The molecule has 0 saturated heterocycles. The number of carbonyl (C=O) groups excluding carboxylic acids is 1. The molecule has 0 aliphatic carbocycles. The van der Waals surface area contributed by atoms with Crippen LogP contribution < -0.4 is 10.3 Å². The zero-order chi connectivity index (χ0) is 11.5. The third-order valence-corrected chi connectivity index (χ3v) is 2.46. The Morgan fingerprint density at radius 1 is 1.47 bits per heavy atom. The second-order valence-electron chi connectivity index (χ2n) is 2.91. The van der Waals surface area contributed by atoms with E-state index in [2.05, 4.69) is 0 Å². The number of carbonyl (C=O) groups is 1. The largest absolute Gasteiger partial charge is 0.748 e. The molecule has 0 aliphatic heterocycles. The molecular weight excluding hydrogens is 220 g/mol. The Bertz CT molecular complexity index is 469. The predicted octanol–water partition coefficient (Wildman–Crippen LogP) is -1.38. The predicted molar refractivity (Wildman–Crippen MR) is 49.7 cm³/mol. The maximum Gasteiger partial charge on any atom is 0.313 e. The van der Waals surface area contributed by atoms with Crippen LogP contribution in [0.5, 0.6) is 0 Å². The SMILES string of the molecule is NC(=O)c1cccc[n+]1CCS(=O)(=O)[O-]. The van der Waals surface area contributed by atoms with Gasteiger partial charge in [-0.05, 0) is 6.07 Å². The van der Waals surface area contributed by atoms with Crippen molar-refractivity contribution in [2.75, 3.05) is 5.75 Å². The molecule has 0 radical (unpaired) electrons. The summed E-state index contributed by atoms with van der Waals surface area (Å²) in [7, 11) is -4.29. The lowest BCUT2D eigenvalue weighted by molar-refractivity contribution is -0.694. The normalized spacial score (nSPS) is 11.3. The molecule has 6 nitrogen and oxygen atoms in total. The molecular formula is C8H10N2O4S. The van der Waals surface area contributed by atoms with Crippen LogP contribution in [0.15, 0.2) is 24.4 Å². The molecule has 0 aromatic carbocycles. The van der Waals surface area contributed by atoms with Gasteiger partial charge in [-0.3, -0.25) is 4.79 Å². The van der Waals surface area contributed by atoms with Crippen LogP contribution in [0.1, 0.15) is 10.5 Å². The number of hydrogen-bond donors (Lipinski definition) is 1. The quantitative estimate of drug-likeness (QED) is 0.508. The van der Waals surface area contributed by atoms with Crippen molar-refractivity contribution in [3.05, 3.63) is 30.1 Å². The maximum atomic E-state index is 10.9. The number of hydrogen-bond acceptors (Lipinski definition) is 4. The fourth-order valence-corrected chi connectivity index (χ4v) is 1.53. The molecule has 1 rings (SSSR count). The molecule has 0 bridgehead atoms. The smallest absolute Gasteiger partial charge is 0.313 e. The number of nitrogens with zero attached hydrogens (tertiary/aromatic N) is 1. The molecule has 15 heavy (non-hydrogen) atoms. The lowest BCUT2D eigenvalue weighted by Gasteiger charge is -2.04. The van der Waals surface area contributed by atoms with E-state index in [1.165, 1.54) is 16.8 Å². The molecule has 0 fully saturated rings. The number of nitrogens with two attached hydrogens (primary N) is 1. The van der Waals surface area contributed by atoms with Gasteiger partial charge in [0.2, 0.25) is 0 Å². The van der Waals surface area contributed by atoms with Gasteiger partial charge in [-0.15, -0.1) is 0 Å². The van der Waals surface area contributed by atoms with Gasteiger partial charge in [-0.25, -0.2) is 8.42 Å². The van der Waals surface area contributed by atoms with Gasteiger partial charge in [0.15, 0.2) is 12.7 Å². The van der Waals surface area contributed by atoms with Crippen molar-refractivity contribution in [3.8, 4) is 0 Å². The molecule has 2 N–H and O–H groups in total. The summed E-state index contributed by atoms with van der Waals surface area (Å²) in [5.74, 6) is -1.24. The molecule has 82 valence electrons. The molecule has 1 aromatic rings. The number of pyridine rings is 1. The fraction of sp³-hybridized carbons (Fsp3) is 0.250. The third-order valence-electron chi connectivity index (χ3n) is 1.78. The summed E-state index contributed by atoms with van der Waals surface area (Å²) in [6.07, 6.45) is 1.49. The van der Waals surface area contributed by atoms with Gasteiger partial charge in [0, 0.05) is 12.1 Å². The van der Waals surface area contributed by atoms with Gasteiger partial charge in [-0.2, -0.15) is 4.57 Å². The first-order chi connectivity index (χ1) is 6.90. The van der Waals surface area contributed by atoms with E-state index in [1.807, 2.05) is 0 Å². The summed E-state index contributed by atoms with van der Waals surface area (Å²) in [4.78, 5) is 10.9. The van der Waals surface area contributed by atoms with Crippen molar-refractivity contribution < 1.29 is 22.3 Å². The van der Waals surface area contributed by atoms with Crippen molar-refractivity contribution in [1.29, 1.82) is 0 Å². The highest BCUT2D eigenvalue weighted by Crippen LogP contribution is 1.91. The van der Waals surface area contributed by atoms with Crippen molar-refractivity contribution >= 4 is 16.0 Å². The highest BCUT2D eigenvalue weighted by Gasteiger charge is 2.15. The molecule has 1 aromatic heterocycles. The number of amides is 1. The summed E-state index contributed by atoms with van der Waals surface area (Å²) in [6.45, 7) is -0.0784. The minimum Gasteiger partial charge on any atom is -0.748 e. The summed E-state index contributed by atoms with van der Waals surface area (Å²) in [5.41, 5.74) is 5.23. The van der Waals surface area contributed by atoms with Gasteiger partial charge < -0.3 is 10.3 Å². The summed E-state index contributed by atoms with van der Waals surface area (Å²) < 4.78 is 32.5. The Balaban J connectivity index is 2.90. The Labute approximate surface area is 87.1 Å². The first-order valence-electron chi connectivity index (χ1n) is 4.12. The van der Waals surface area contributed by atoms with Crippen LogP contribution in [0.25, 0.3) is 0 Å². The van der Waals surface area contributed by atoms with E-state index < -0.39 is 21.8 Å². The van der Waals surface area contributed by atoms with Gasteiger partial charge in [0.1, 0.15) is 10.1 Å². The van der Waals surface area contributed by atoms with Gasteiger partial charge in [0.25, 0.3) is 5.69 Å². The molecule has 7 heteroatoms. The topological polar surface area (TPSA) is 104 Å². The van der Waals surface area contributed by atoms with E-state index in [1.54, 1.807) is 12.1 Å². The maximum absolute atomic E-state index is 10.9. The number of primary amides is 1. The second kappa shape index (κ2) is 4.37. The summed E-state index contributed by atoms with van der Waals surface area (Å²) in [6, 6.07) is 4.67. The van der Waals surface area contributed by atoms with E-state index in [0.717, 1.165) is 0 Å². The minimum atomic E-state index is -4.29. The Hall–Kier alpha value is -1.47. The van der Waals surface area contributed by atoms with Crippen LogP contribution in [-0.4, -0.2) is 24.6 Å². The van der Waals surface area contributed by atoms with Gasteiger partial charge >= 0.3 is 5.91 Å². The average molecular weight is 230 g/mol. The number of aromatic nitrogens is 1. The van der Waals surface area contributed by atoms with Crippen molar-refractivity contribution in [2.24, 2.45) is 5.73 Å². The summed E-state index contributed by atoms with van der Waals surface area (Å²) in [5, 5.41) is 0. The van der Waals surface area contributed by atoms with Crippen LogP contribution in [0, 0.1) is 0 Å². The molecule has 0 unspecified atom stereocenters. The highest BCUT2D eigenvalue weighted by atomic mass is 32.2. The second-order valence-corrected chi connectivity index (χ2v) is 4.43. The van der Waals surface area contributed by atoms with E-state index in [0.29, 0.717) is 0 Å². The van der Waals surface area contributed by atoms with Crippen LogP contribution in [0.2, 0.25) is 0 Å². The monoisotopic (exact) mass is 230 g/mol. The summed E-state index contributed by atoms with van der Waals surface area (Å²) >= 11 is 0. The van der Waals surface area contributed by atoms with E-state index in [9.17, 15) is 17.8 Å². The van der Waals surface area contributed by atoms with Gasteiger partial charge in [-0.1, -0.05) is 0 Å². The molecule has 0 atom stereocenters. The van der Waals surface area contributed by atoms with Crippen molar-refractivity contribution in [3.63, 3.8) is 0 Å². The van der Waals surface area contributed by atoms with E-state index in [4.69, 9.17) is 5.73 Å². The number of aryl methyl sites for hydroxylation is 1. The van der Waals surface area contributed by atoms with Crippen LogP contribution in [-0.2, 0) is 16.7 Å². The lowest BCUT2D eigenvalue weighted by atomic mass is 10.3. The lowest BCUT2D eigenvalue weighted by Crippen LogP contribution is -2.44. The third kappa shape index (κ3) is 3.64. The Morgan fingerprint density at radius 2 is 2.13 bits per heavy atom. The molecule has 1 heterocycles. The first-order valence-corrected chi connectivity index (χ1v) is 5.70. The van der Waals surface area contributed by atoms with Gasteiger partial charge in [0.05, 0.1) is 5.75 Å². The molecule has 0 aliphatic rings. The standard InChI is InChI=1S/C8H10N2O4S/c9-8(11)7-3-1-2-4-10(7)5-6-15(12,13)14/h1-4H,5-6H2,(H2-,9,11,12,13,14). The van der Waals surface area contributed by atoms with Crippen LogP contribution in [0.3, 0.4) is 0 Å². The van der Waals surface area contributed by atoms with Crippen LogP contribution >= 0.6 is 0 Å². The van der Waals surface area contributed by atoms with E-state index >= 15 is 0 Å². The van der Waals surface area contributed by atoms with Crippen molar-refractivity contribution in [1.82, 2.24) is 0 Å². The zero-order valence-corrected chi connectivity index (χ0v) is 8.61. The Kier molecular flexibility index (Phi) is 3.38. The highest BCUT2D eigenvalue weighted by molar-refractivity contribution is 7.85. The van der Waals surface area contributed by atoms with Crippen LogP contribution in [0.4, 0.5) is 0 Å². The molecule has 0 saturated carbocycles. The molecule has 1 amide bonds. The number of rotatable bonds is 4. The average Bonchev–Trinajstić information content (AvgIpc) is 2.14. The fourth-order valence-electron chi connectivity index (χ4n) is 1.11. The van der Waals surface area contributed by atoms with Crippen molar-refractivity contribution in [2.45, 2.75) is 6.54 Å². The molecule has 0 spiro atoms. The Morgan fingerprint density at radius 3 is 2.67 bits per heavy atom. The first kappa shape index (κ1) is 11.6. The van der Waals surface area contributed by atoms with E-state index in [-0.39, 0.29) is 12.2 Å². The zero-order valence-electron chi connectivity index (χ0n) is 7.79.